The van der Waals surface area contributed by atoms with Crippen molar-refractivity contribution in [2.75, 3.05) is 13.1 Å². The van der Waals surface area contributed by atoms with Crippen molar-refractivity contribution in [2.24, 2.45) is 0 Å². The number of benzene rings is 1. The van der Waals surface area contributed by atoms with Crippen LogP contribution in [0.3, 0.4) is 0 Å². The Balaban J connectivity index is 1.61. The summed E-state index contributed by atoms with van der Waals surface area (Å²) in [5.41, 5.74) is 1.18. The van der Waals surface area contributed by atoms with Crippen LogP contribution in [0.4, 0.5) is 4.39 Å². The molecule has 2 aromatic heterocycles. The van der Waals surface area contributed by atoms with Crippen LogP contribution < -0.4 is 5.32 Å². The zero-order valence-electron chi connectivity index (χ0n) is 16.2. The molecule has 4 rings (SSSR count). The Morgan fingerprint density at radius 1 is 1.10 bits per heavy atom. The zero-order valence-corrected chi connectivity index (χ0v) is 16.2. The second-order valence-corrected chi connectivity index (χ2v) is 7.23. The molecule has 5 nitrogen and oxygen atoms in total. The van der Waals surface area contributed by atoms with Crippen molar-refractivity contribution >= 4 is 5.91 Å². The van der Waals surface area contributed by atoms with Gasteiger partial charge in [0, 0.05) is 12.2 Å². The molecule has 1 saturated heterocycles. The Hall–Kier alpha value is -2.99. The maximum Gasteiger partial charge on any atom is 0.290 e. The first-order valence-corrected chi connectivity index (χ1v) is 9.99. The molecular formula is C23H24FN3O2. The number of aromatic nitrogens is 1. The molecular weight excluding hydrogens is 369 g/mol. The van der Waals surface area contributed by atoms with Crippen molar-refractivity contribution in [3.63, 3.8) is 0 Å². The summed E-state index contributed by atoms with van der Waals surface area (Å²) in [5, 5.41) is 3.39. The first-order valence-electron chi connectivity index (χ1n) is 9.99. The highest BCUT2D eigenvalue weighted by molar-refractivity contribution is 5.92. The molecule has 1 fully saturated rings. The van der Waals surface area contributed by atoms with Crippen molar-refractivity contribution in [3.05, 3.63) is 78.1 Å². The van der Waals surface area contributed by atoms with E-state index in [0.29, 0.717) is 17.9 Å². The highest BCUT2D eigenvalue weighted by Crippen LogP contribution is 2.27. The van der Waals surface area contributed by atoms with Crippen molar-refractivity contribution in [2.45, 2.75) is 31.8 Å². The number of carbonyl (C=O) groups is 1. The Kier molecular flexibility index (Phi) is 6.00. The third-order valence-corrected chi connectivity index (χ3v) is 5.26. The van der Waals surface area contributed by atoms with Gasteiger partial charge in [-0.25, -0.2) is 4.39 Å². The first kappa shape index (κ1) is 19.3. The van der Waals surface area contributed by atoms with Gasteiger partial charge < -0.3 is 14.6 Å². The van der Waals surface area contributed by atoms with E-state index in [2.05, 4.69) is 10.3 Å². The van der Waals surface area contributed by atoms with Crippen LogP contribution >= 0.6 is 0 Å². The summed E-state index contributed by atoms with van der Waals surface area (Å²) in [6, 6.07) is 15.5. The molecule has 29 heavy (non-hydrogen) atoms. The second kappa shape index (κ2) is 9.01. The van der Waals surface area contributed by atoms with Gasteiger partial charge in [-0.3, -0.25) is 9.78 Å². The topological polar surface area (TPSA) is 58.4 Å². The van der Waals surface area contributed by atoms with Crippen LogP contribution in [0.1, 0.15) is 35.5 Å². The number of furan rings is 1. The number of carbonyl (C=O) groups excluding carboxylic acids is 1. The molecule has 3 aromatic rings. The Labute approximate surface area is 169 Å². The van der Waals surface area contributed by atoms with E-state index < -0.39 is 0 Å². The Morgan fingerprint density at radius 2 is 1.97 bits per heavy atom. The standard InChI is InChI=1S/C23H24FN3O2/c24-20-9-2-1-8-19(20)21-10-11-22(29-21)23(28)27(16-17-6-3-4-14-26-17)18-7-5-13-25-15-12-18/h1-4,6,8-11,14,18,25H,5,7,12-13,15-16H2. The summed E-state index contributed by atoms with van der Waals surface area (Å²) in [7, 11) is 0. The molecule has 0 radical (unpaired) electrons. The van der Waals surface area contributed by atoms with Crippen LogP contribution in [0.2, 0.25) is 0 Å². The van der Waals surface area contributed by atoms with Crippen LogP contribution in [0.25, 0.3) is 11.3 Å². The van der Waals surface area contributed by atoms with Crippen LogP contribution in [0, 0.1) is 5.82 Å². The number of nitrogens with zero attached hydrogens (tertiary/aromatic N) is 2. The van der Waals surface area contributed by atoms with Crippen LogP contribution in [-0.2, 0) is 6.54 Å². The van der Waals surface area contributed by atoms with E-state index in [1.807, 2.05) is 23.1 Å². The maximum absolute atomic E-state index is 14.1. The number of pyridine rings is 1. The van der Waals surface area contributed by atoms with Crippen LogP contribution in [0.5, 0.6) is 0 Å². The quantitative estimate of drug-likeness (QED) is 0.704. The van der Waals surface area contributed by atoms with E-state index in [1.54, 1.807) is 36.5 Å². The molecule has 1 atom stereocenters. The number of nitrogens with one attached hydrogen (secondary N) is 1. The van der Waals surface area contributed by atoms with Crippen molar-refractivity contribution in [1.29, 1.82) is 0 Å². The molecule has 0 spiro atoms. The molecule has 1 N–H and O–H groups in total. The van der Waals surface area contributed by atoms with E-state index in [-0.39, 0.29) is 23.5 Å². The monoisotopic (exact) mass is 393 g/mol. The van der Waals surface area contributed by atoms with Gasteiger partial charge in [0.15, 0.2) is 5.76 Å². The molecule has 1 aliphatic rings. The minimum absolute atomic E-state index is 0.0986. The fraction of sp³-hybridized carbons (Fsp3) is 0.304. The van der Waals surface area contributed by atoms with Gasteiger partial charge in [-0.2, -0.15) is 0 Å². The second-order valence-electron chi connectivity index (χ2n) is 7.23. The molecule has 0 aliphatic carbocycles. The lowest BCUT2D eigenvalue weighted by molar-refractivity contribution is 0.0610. The molecule has 0 saturated carbocycles. The number of halogens is 1. The van der Waals surface area contributed by atoms with Crippen molar-refractivity contribution < 1.29 is 13.6 Å². The lowest BCUT2D eigenvalue weighted by Gasteiger charge is -2.30. The number of amides is 1. The van der Waals surface area contributed by atoms with E-state index in [0.717, 1.165) is 38.0 Å². The minimum Gasteiger partial charge on any atom is -0.451 e. The first-order chi connectivity index (χ1) is 14.2. The van der Waals surface area contributed by atoms with Gasteiger partial charge in [0.05, 0.1) is 17.8 Å². The molecule has 0 bridgehead atoms. The Morgan fingerprint density at radius 3 is 2.79 bits per heavy atom. The van der Waals surface area contributed by atoms with Gasteiger partial charge >= 0.3 is 0 Å². The molecule has 150 valence electrons. The maximum atomic E-state index is 14.1. The van der Waals surface area contributed by atoms with Crippen LogP contribution in [-0.4, -0.2) is 34.9 Å². The minimum atomic E-state index is -0.374. The molecule has 3 heterocycles. The average Bonchev–Trinajstić information content (AvgIpc) is 3.08. The van der Waals surface area contributed by atoms with Gasteiger partial charge in [0.1, 0.15) is 11.6 Å². The van der Waals surface area contributed by atoms with Crippen molar-refractivity contribution in [1.82, 2.24) is 15.2 Å². The van der Waals surface area contributed by atoms with E-state index in [9.17, 15) is 9.18 Å². The fourth-order valence-corrected chi connectivity index (χ4v) is 3.75. The van der Waals surface area contributed by atoms with E-state index >= 15 is 0 Å². The normalized spacial score (nSPS) is 16.9. The SMILES string of the molecule is O=C(c1ccc(-c2ccccc2F)o1)N(Cc1ccccn1)C1CCCNCC1. The van der Waals surface area contributed by atoms with Gasteiger partial charge in [0.25, 0.3) is 5.91 Å². The largest absolute Gasteiger partial charge is 0.451 e. The van der Waals surface area contributed by atoms with Crippen LogP contribution in [0.15, 0.2) is 65.2 Å². The number of rotatable bonds is 5. The highest BCUT2D eigenvalue weighted by Gasteiger charge is 2.28. The summed E-state index contributed by atoms with van der Waals surface area (Å²) in [6.07, 6.45) is 4.54. The average molecular weight is 393 g/mol. The molecule has 6 heteroatoms. The smallest absolute Gasteiger partial charge is 0.290 e. The van der Waals surface area contributed by atoms with Gasteiger partial charge in [-0.1, -0.05) is 18.2 Å². The van der Waals surface area contributed by atoms with E-state index in [1.165, 1.54) is 6.07 Å². The molecule has 1 amide bonds. The summed E-state index contributed by atoms with van der Waals surface area (Å²) in [4.78, 5) is 19.6. The molecule has 1 unspecified atom stereocenters. The van der Waals surface area contributed by atoms with Gasteiger partial charge in [0.2, 0.25) is 0 Å². The zero-order chi connectivity index (χ0) is 20.1. The van der Waals surface area contributed by atoms with Gasteiger partial charge in [-0.15, -0.1) is 0 Å². The summed E-state index contributed by atoms with van der Waals surface area (Å²) >= 11 is 0. The number of hydrogen-bond acceptors (Lipinski definition) is 4. The van der Waals surface area contributed by atoms with Gasteiger partial charge in [-0.05, 0) is 68.8 Å². The molecule has 1 aliphatic heterocycles. The van der Waals surface area contributed by atoms with E-state index in [4.69, 9.17) is 4.42 Å². The highest BCUT2D eigenvalue weighted by atomic mass is 19.1. The third kappa shape index (κ3) is 4.54. The summed E-state index contributed by atoms with van der Waals surface area (Å²) < 4.78 is 19.9. The lowest BCUT2D eigenvalue weighted by atomic mass is 10.1. The van der Waals surface area contributed by atoms with Crippen molar-refractivity contribution in [3.8, 4) is 11.3 Å². The summed E-state index contributed by atoms with van der Waals surface area (Å²) in [5.74, 6) is 0.00864. The predicted octanol–water partition coefficient (Wildman–Crippen LogP) is 4.27. The fourth-order valence-electron chi connectivity index (χ4n) is 3.75. The Bertz CT molecular complexity index is 950. The predicted molar refractivity (Wildman–Crippen MR) is 109 cm³/mol. The summed E-state index contributed by atoms with van der Waals surface area (Å²) in [6.45, 7) is 2.25. The number of hydrogen-bond donors (Lipinski definition) is 1. The molecule has 1 aromatic carbocycles. The third-order valence-electron chi connectivity index (χ3n) is 5.26. The lowest BCUT2D eigenvalue weighted by Crippen LogP contribution is -2.40.